The first-order chi connectivity index (χ1) is 13.2. The van der Waals surface area contributed by atoms with Crippen LogP contribution < -0.4 is 5.32 Å². The molecule has 1 aromatic heterocycles. The Hall–Kier alpha value is -2.01. The van der Waals surface area contributed by atoms with Crippen LogP contribution in [-0.4, -0.2) is 41.2 Å². The Morgan fingerprint density at radius 2 is 1.89 bits per heavy atom. The van der Waals surface area contributed by atoms with Gasteiger partial charge in [0.2, 0.25) is 5.91 Å². The number of hydrogen-bond donors (Lipinski definition) is 1. The number of likely N-dealkylation sites (tertiary alicyclic amines) is 1. The van der Waals surface area contributed by atoms with Crippen molar-refractivity contribution in [3.05, 3.63) is 16.8 Å². The highest BCUT2D eigenvalue weighted by Crippen LogP contribution is 2.38. The average Bonchev–Trinajstić information content (AvgIpc) is 3.22. The number of nitriles is 1. The van der Waals surface area contributed by atoms with E-state index in [1.807, 2.05) is 18.4 Å². The van der Waals surface area contributed by atoms with Crippen LogP contribution >= 0.6 is 0 Å². The third-order valence-corrected chi connectivity index (χ3v) is 6.15. The van der Waals surface area contributed by atoms with Gasteiger partial charge in [-0.1, -0.05) is 12.8 Å². The maximum Gasteiger partial charge on any atom is 0.393 e. The number of alkyl halides is 3. The number of hydrogen-bond acceptors (Lipinski definition) is 3. The van der Waals surface area contributed by atoms with E-state index in [4.69, 9.17) is 0 Å². The van der Waals surface area contributed by atoms with Crippen molar-refractivity contribution in [2.24, 2.45) is 5.92 Å². The van der Waals surface area contributed by atoms with Crippen LogP contribution in [0.25, 0.3) is 0 Å². The predicted octanol–water partition coefficient (Wildman–Crippen LogP) is 4.30. The summed E-state index contributed by atoms with van der Waals surface area (Å²) in [6.45, 7) is 4.05. The molecule has 0 unspecified atom stereocenters. The van der Waals surface area contributed by atoms with Gasteiger partial charge < -0.3 is 9.88 Å². The van der Waals surface area contributed by atoms with E-state index in [-0.39, 0.29) is 31.5 Å². The SMILES string of the molecule is Cc1c(C#N)c(NC(=O)CN2CCC[C@H](C(F)(F)F)C2)n(C2CCCC2)c1C. The molecule has 1 N–H and O–H groups in total. The van der Waals surface area contributed by atoms with Crippen LogP contribution in [0.3, 0.4) is 0 Å². The number of rotatable bonds is 4. The summed E-state index contributed by atoms with van der Waals surface area (Å²) in [5, 5.41) is 12.4. The number of nitrogens with zero attached hydrogens (tertiary/aromatic N) is 3. The second-order valence-electron chi connectivity index (χ2n) is 8.02. The average molecular weight is 396 g/mol. The van der Waals surface area contributed by atoms with Crippen LogP contribution in [0.2, 0.25) is 0 Å². The zero-order valence-corrected chi connectivity index (χ0v) is 16.4. The fourth-order valence-corrected chi connectivity index (χ4v) is 4.55. The van der Waals surface area contributed by atoms with Gasteiger partial charge in [0.1, 0.15) is 11.9 Å². The summed E-state index contributed by atoms with van der Waals surface area (Å²) in [6, 6.07) is 2.44. The minimum absolute atomic E-state index is 0.0919. The predicted molar refractivity (Wildman–Crippen MR) is 100.0 cm³/mol. The highest BCUT2D eigenvalue weighted by Gasteiger charge is 2.42. The molecule has 28 heavy (non-hydrogen) atoms. The second kappa shape index (κ2) is 8.16. The number of anilines is 1. The van der Waals surface area contributed by atoms with E-state index < -0.39 is 12.1 Å². The molecule has 8 heteroatoms. The maximum atomic E-state index is 13.0. The van der Waals surface area contributed by atoms with Crippen molar-refractivity contribution in [3.63, 3.8) is 0 Å². The number of aromatic nitrogens is 1. The molecule has 2 fully saturated rings. The number of halogens is 3. The Balaban J connectivity index is 1.75. The maximum absolute atomic E-state index is 13.0. The van der Waals surface area contributed by atoms with Gasteiger partial charge in [-0.05, 0) is 51.6 Å². The zero-order chi connectivity index (χ0) is 20.5. The Morgan fingerprint density at radius 3 is 2.50 bits per heavy atom. The van der Waals surface area contributed by atoms with E-state index >= 15 is 0 Å². The number of amides is 1. The molecule has 0 aromatic carbocycles. The van der Waals surface area contributed by atoms with Crippen LogP contribution in [0.15, 0.2) is 0 Å². The van der Waals surface area contributed by atoms with E-state index in [1.54, 1.807) is 4.90 Å². The summed E-state index contributed by atoms with van der Waals surface area (Å²) >= 11 is 0. The third-order valence-electron chi connectivity index (χ3n) is 6.15. The van der Waals surface area contributed by atoms with E-state index in [2.05, 4.69) is 11.4 Å². The molecule has 1 aliphatic carbocycles. The van der Waals surface area contributed by atoms with E-state index in [0.29, 0.717) is 24.3 Å². The van der Waals surface area contributed by atoms with E-state index in [1.165, 1.54) is 0 Å². The van der Waals surface area contributed by atoms with Crippen molar-refractivity contribution < 1.29 is 18.0 Å². The Labute approximate surface area is 163 Å². The molecule has 2 aliphatic rings. The molecule has 0 radical (unpaired) electrons. The quantitative estimate of drug-likeness (QED) is 0.825. The Kier molecular flexibility index (Phi) is 6.04. The van der Waals surface area contributed by atoms with Gasteiger partial charge in [-0.25, -0.2) is 0 Å². The van der Waals surface area contributed by atoms with Crippen LogP contribution in [0.5, 0.6) is 0 Å². The fourth-order valence-electron chi connectivity index (χ4n) is 4.55. The summed E-state index contributed by atoms with van der Waals surface area (Å²) in [4.78, 5) is 14.2. The van der Waals surface area contributed by atoms with Gasteiger partial charge in [-0.2, -0.15) is 18.4 Å². The minimum Gasteiger partial charge on any atom is -0.327 e. The smallest absolute Gasteiger partial charge is 0.327 e. The largest absolute Gasteiger partial charge is 0.393 e. The van der Waals surface area contributed by atoms with Gasteiger partial charge in [0, 0.05) is 18.3 Å². The van der Waals surface area contributed by atoms with Crippen molar-refractivity contribution in [2.75, 3.05) is 25.0 Å². The van der Waals surface area contributed by atoms with Crippen molar-refractivity contribution in [1.29, 1.82) is 5.26 Å². The van der Waals surface area contributed by atoms with Gasteiger partial charge in [0.15, 0.2) is 0 Å². The molecule has 5 nitrogen and oxygen atoms in total. The molecular formula is C20H27F3N4O. The molecule has 1 amide bonds. The molecule has 0 bridgehead atoms. The van der Waals surface area contributed by atoms with Crippen molar-refractivity contribution in [2.45, 2.75) is 64.6 Å². The molecule has 0 spiro atoms. The van der Waals surface area contributed by atoms with Crippen LogP contribution in [0.4, 0.5) is 19.0 Å². The first-order valence-corrected chi connectivity index (χ1v) is 9.92. The molecule has 1 saturated heterocycles. The molecule has 1 aromatic rings. The summed E-state index contributed by atoms with van der Waals surface area (Å²) in [7, 11) is 0. The zero-order valence-electron chi connectivity index (χ0n) is 16.4. The first kappa shape index (κ1) is 20.7. The third kappa shape index (κ3) is 4.19. The first-order valence-electron chi connectivity index (χ1n) is 9.92. The normalized spacial score (nSPS) is 21.6. The van der Waals surface area contributed by atoms with Crippen LogP contribution in [-0.2, 0) is 4.79 Å². The van der Waals surface area contributed by atoms with Gasteiger partial charge >= 0.3 is 6.18 Å². The fraction of sp³-hybridized carbons (Fsp3) is 0.700. The van der Waals surface area contributed by atoms with E-state index in [0.717, 1.165) is 36.9 Å². The molecule has 1 aliphatic heterocycles. The van der Waals surface area contributed by atoms with Crippen molar-refractivity contribution >= 4 is 11.7 Å². The van der Waals surface area contributed by atoms with Crippen LogP contribution in [0, 0.1) is 31.1 Å². The minimum atomic E-state index is -4.23. The van der Waals surface area contributed by atoms with Crippen molar-refractivity contribution in [3.8, 4) is 6.07 Å². The summed E-state index contributed by atoms with van der Waals surface area (Å²) in [5.74, 6) is -1.24. The standard InChI is InChI=1S/C20H27F3N4O/c1-13-14(2)27(16-7-3-4-8-16)19(17(13)10-24)25-18(28)12-26-9-5-6-15(11-26)20(21,22)23/h15-16H,3-9,11-12H2,1-2H3,(H,25,28)/t15-/m0/s1. The Morgan fingerprint density at radius 1 is 1.21 bits per heavy atom. The molecule has 1 atom stereocenters. The van der Waals surface area contributed by atoms with E-state index in [9.17, 15) is 23.2 Å². The van der Waals surface area contributed by atoms with Gasteiger partial charge in [-0.3, -0.25) is 9.69 Å². The van der Waals surface area contributed by atoms with Crippen molar-refractivity contribution in [1.82, 2.24) is 9.47 Å². The lowest BCUT2D eigenvalue weighted by Gasteiger charge is -2.33. The highest BCUT2D eigenvalue weighted by molar-refractivity contribution is 5.93. The summed E-state index contributed by atoms with van der Waals surface area (Å²) in [6.07, 6.45) is 0.547. The molecule has 1 saturated carbocycles. The summed E-state index contributed by atoms with van der Waals surface area (Å²) < 4.78 is 41.1. The lowest BCUT2D eigenvalue weighted by Crippen LogP contribution is -2.44. The molecule has 2 heterocycles. The number of piperidine rings is 1. The van der Waals surface area contributed by atoms with Crippen LogP contribution in [0.1, 0.15) is 61.4 Å². The topological polar surface area (TPSA) is 61.1 Å². The number of carbonyl (C=O) groups is 1. The lowest BCUT2D eigenvalue weighted by atomic mass is 9.97. The van der Waals surface area contributed by atoms with Gasteiger partial charge in [-0.15, -0.1) is 0 Å². The monoisotopic (exact) mass is 396 g/mol. The highest BCUT2D eigenvalue weighted by atomic mass is 19.4. The molecule has 3 rings (SSSR count). The van der Waals surface area contributed by atoms with Gasteiger partial charge in [0.25, 0.3) is 0 Å². The molecule has 154 valence electrons. The molecular weight excluding hydrogens is 369 g/mol. The second-order valence-corrected chi connectivity index (χ2v) is 8.02. The van der Waals surface area contributed by atoms with Gasteiger partial charge in [0.05, 0.1) is 18.0 Å². The summed E-state index contributed by atoms with van der Waals surface area (Å²) in [5.41, 5.74) is 2.26. The Bertz CT molecular complexity index is 772. The lowest BCUT2D eigenvalue weighted by molar-refractivity contribution is -0.186. The number of nitrogens with one attached hydrogen (secondary N) is 1. The number of carbonyl (C=O) groups excluding carboxylic acids is 1.